The van der Waals surface area contributed by atoms with Gasteiger partial charge in [-0.1, -0.05) is 170 Å². The van der Waals surface area contributed by atoms with Crippen molar-refractivity contribution in [1.82, 2.24) is 15.0 Å². The van der Waals surface area contributed by atoms with Crippen LogP contribution in [-0.2, 0) is 0 Å². The lowest BCUT2D eigenvalue weighted by atomic mass is 9.91. The molecule has 0 unspecified atom stereocenters. The molecule has 0 aliphatic rings. The molecule has 0 amide bonds. The van der Waals surface area contributed by atoms with Crippen LogP contribution in [0.15, 0.2) is 188 Å². The van der Waals surface area contributed by atoms with Gasteiger partial charge in [0.05, 0.1) is 4.88 Å². The van der Waals surface area contributed by atoms with Crippen LogP contribution in [0.25, 0.3) is 88.1 Å². The van der Waals surface area contributed by atoms with Gasteiger partial charge in [-0.15, -0.1) is 11.3 Å². The molecule has 7 aromatic carbocycles. The average Bonchev–Trinajstić information content (AvgIpc) is 3.66. The minimum Gasteiger partial charge on any atom is -0.208 e. The number of thiophene rings is 1. The van der Waals surface area contributed by atoms with Crippen molar-refractivity contribution in [2.24, 2.45) is 0 Å². The highest BCUT2D eigenvalue weighted by Crippen LogP contribution is 2.38. The van der Waals surface area contributed by atoms with Crippen LogP contribution in [0.2, 0.25) is 0 Å². The van der Waals surface area contributed by atoms with E-state index >= 15 is 0 Å². The Hall–Kier alpha value is -6.49. The monoisotopic (exact) mass is 669 g/mol. The molecule has 0 bridgehead atoms. The molecule has 0 atom stereocenters. The van der Waals surface area contributed by atoms with Crippen molar-refractivity contribution in [2.75, 3.05) is 0 Å². The van der Waals surface area contributed by atoms with E-state index in [1.54, 1.807) is 11.3 Å². The minimum atomic E-state index is 0.643. The van der Waals surface area contributed by atoms with Crippen molar-refractivity contribution in [3.63, 3.8) is 0 Å². The van der Waals surface area contributed by atoms with Crippen LogP contribution in [0.1, 0.15) is 0 Å². The summed E-state index contributed by atoms with van der Waals surface area (Å²) in [7, 11) is 0. The molecule has 240 valence electrons. The van der Waals surface area contributed by atoms with Crippen molar-refractivity contribution in [3.05, 3.63) is 188 Å². The summed E-state index contributed by atoms with van der Waals surface area (Å²) < 4.78 is 1.21. The molecular weight excluding hydrogens is 639 g/mol. The van der Waals surface area contributed by atoms with Crippen molar-refractivity contribution in [2.45, 2.75) is 0 Å². The second-order valence-electron chi connectivity index (χ2n) is 12.4. The van der Waals surface area contributed by atoms with Gasteiger partial charge in [-0.25, -0.2) is 15.0 Å². The summed E-state index contributed by atoms with van der Waals surface area (Å²) in [5.41, 5.74) is 11.2. The van der Waals surface area contributed by atoms with Gasteiger partial charge in [0, 0.05) is 15.8 Å². The maximum Gasteiger partial charge on any atom is 0.174 e. The second-order valence-corrected chi connectivity index (χ2v) is 13.5. The van der Waals surface area contributed by atoms with Crippen molar-refractivity contribution in [1.29, 1.82) is 0 Å². The van der Waals surface area contributed by atoms with Crippen LogP contribution in [0.3, 0.4) is 0 Å². The predicted molar refractivity (Wildman–Crippen MR) is 213 cm³/mol. The molecule has 0 N–H and O–H groups in total. The number of fused-ring (bicyclic) bond motifs is 1. The molecular formula is C47H31N3S. The first kappa shape index (κ1) is 30.6. The Morgan fingerprint density at radius 2 is 0.784 bits per heavy atom. The van der Waals surface area contributed by atoms with Crippen LogP contribution >= 0.6 is 11.3 Å². The summed E-state index contributed by atoms with van der Waals surface area (Å²) in [6, 6.07) is 65.9. The van der Waals surface area contributed by atoms with Gasteiger partial charge in [0.2, 0.25) is 0 Å². The van der Waals surface area contributed by atoms with Crippen molar-refractivity contribution in [3.8, 4) is 78.0 Å². The highest BCUT2D eigenvalue weighted by molar-refractivity contribution is 7.22. The summed E-state index contributed by atoms with van der Waals surface area (Å²) in [6.07, 6.45) is 0. The van der Waals surface area contributed by atoms with Gasteiger partial charge in [-0.3, -0.25) is 0 Å². The normalized spacial score (nSPS) is 11.1. The molecule has 0 aliphatic heterocycles. The Morgan fingerprint density at radius 3 is 1.49 bits per heavy atom. The van der Waals surface area contributed by atoms with E-state index in [1.807, 2.05) is 12.1 Å². The molecule has 0 radical (unpaired) electrons. The standard InChI is InChI=1S/C47H31N3S/c1-4-14-32(15-5-1)37-28-29-40(42(30-37)34-18-8-3-9-19-34)35-24-26-36(27-25-35)45-48-46(41-22-12-11-21-39(41)33-16-6-2-7-17-33)50-47(49-45)44-31-38-20-10-13-23-43(38)51-44/h1-31H. The van der Waals surface area contributed by atoms with Gasteiger partial charge < -0.3 is 0 Å². The van der Waals surface area contributed by atoms with Crippen molar-refractivity contribution >= 4 is 21.4 Å². The third kappa shape index (κ3) is 6.14. The van der Waals surface area contributed by atoms with Gasteiger partial charge in [0.15, 0.2) is 17.5 Å². The van der Waals surface area contributed by atoms with E-state index < -0.39 is 0 Å². The minimum absolute atomic E-state index is 0.643. The first-order valence-corrected chi connectivity index (χ1v) is 17.8. The topological polar surface area (TPSA) is 38.7 Å². The molecule has 2 heterocycles. The summed E-state index contributed by atoms with van der Waals surface area (Å²) in [5, 5.41) is 1.18. The largest absolute Gasteiger partial charge is 0.208 e. The summed E-state index contributed by atoms with van der Waals surface area (Å²) >= 11 is 1.70. The zero-order valence-electron chi connectivity index (χ0n) is 27.6. The molecule has 3 nitrogen and oxygen atoms in total. The predicted octanol–water partition coefficient (Wildman–Crippen LogP) is 12.8. The van der Waals surface area contributed by atoms with E-state index in [9.17, 15) is 0 Å². The number of aromatic nitrogens is 3. The zero-order chi connectivity index (χ0) is 34.0. The summed E-state index contributed by atoms with van der Waals surface area (Å²) in [5.74, 6) is 1.97. The van der Waals surface area contributed by atoms with Gasteiger partial charge >= 0.3 is 0 Å². The van der Waals surface area contributed by atoms with E-state index in [4.69, 9.17) is 15.0 Å². The fourth-order valence-electron chi connectivity index (χ4n) is 6.64. The molecule has 9 aromatic rings. The molecule has 4 heteroatoms. The lowest BCUT2D eigenvalue weighted by Gasteiger charge is -2.14. The molecule has 51 heavy (non-hydrogen) atoms. The molecule has 0 aliphatic carbocycles. The number of hydrogen-bond acceptors (Lipinski definition) is 4. The lowest BCUT2D eigenvalue weighted by molar-refractivity contribution is 1.08. The lowest BCUT2D eigenvalue weighted by Crippen LogP contribution is -2.00. The quantitative estimate of drug-likeness (QED) is 0.169. The van der Waals surface area contributed by atoms with Crippen LogP contribution in [0, 0.1) is 0 Å². The first-order valence-electron chi connectivity index (χ1n) is 17.0. The molecule has 0 fully saturated rings. The molecule has 9 rings (SSSR count). The number of benzene rings is 7. The van der Waals surface area contributed by atoms with E-state index in [1.165, 1.54) is 37.9 Å². The summed E-state index contributed by atoms with van der Waals surface area (Å²) in [6.45, 7) is 0. The number of hydrogen-bond donors (Lipinski definition) is 0. The maximum atomic E-state index is 5.13. The molecule has 0 saturated carbocycles. The molecule has 0 spiro atoms. The third-order valence-corrected chi connectivity index (χ3v) is 10.3. The van der Waals surface area contributed by atoms with Crippen molar-refractivity contribution < 1.29 is 0 Å². The first-order chi connectivity index (χ1) is 25.3. The SMILES string of the molecule is c1ccc(-c2ccc(-c3ccc(-c4nc(-c5cc6ccccc6s5)nc(-c5ccccc5-c5ccccc5)n4)cc3)c(-c3ccccc3)c2)cc1. The van der Waals surface area contributed by atoms with Crippen LogP contribution < -0.4 is 0 Å². The van der Waals surface area contributed by atoms with Gasteiger partial charge in [0.1, 0.15) is 0 Å². The van der Waals surface area contributed by atoms with Gasteiger partial charge in [0.25, 0.3) is 0 Å². The van der Waals surface area contributed by atoms with Crippen LogP contribution in [0.5, 0.6) is 0 Å². The van der Waals surface area contributed by atoms with E-state index in [0.717, 1.165) is 32.7 Å². The highest BCUT2D eigenvalue weighted by Gasteiger charge is 2.17. The van der Waals surface area contributed by atoms with Gasteiger partial charge in [-0.05, 0) is 68.1 Å². The van der Waals surface area contributed by atoms with E-state index in [0.29, 0.717) is 17.5 Å². The van der Waals surface area contributed by atoms with Gasteiger partial charge in [-0.2, -0.15) is 0 Å². The molecule has 2 aromatic heterocycles. The Morgan fingerprint density at radius 1 is 0.294 bits per heavy atom. The average molecular weight is 670 g/mol. The fraction of sp³-hybridized carbons (Fsp3) is 0. The third-order valence-electron chi connectivity index (χ3n) is 9.20. The van der Waals surface area contributed by atoms with E-state index in [-0.39, 0.29) is 0 Å². The van der Waals surface area contributed by atoms with Crippen LogP contribution in [-0.4, -0.2) is 15.0 Å². The zero-order valence-corrected chi connectivity index (χ0v) is 28.5. The Labute approximate surface area is 301 Å². The fourth-order valence-corrected chi connectivity index (χ4v) is 7.63. The highest BCUT2D eigenvalue weighted by atomic mass is 32.1. The number of rotatable bonds is 7. The maximum absolute atomic E-state index is 5.13. The smallest absolute Gasteiger partial charge is 0.174 e. The van der Waals surface area contributed by atoms with E-state index in [2.05, 4.69) is 176 Å². The molecule has 0 saturated heterocycles. The Bertz CT molecular complexity index is 2580. The summed E-state index contributed by atoms with van der Waals surface area (Å²) in [4.78, 5) is 16.4. The van der Waals surface area contributed by atoms with Crippen LogP contribution in [0.4, 0.5) is 0 Å². The number of nitrogens with zero attached hydrogens (tertiary/aromatic N) is 3. The Balaban J connectivity index is 1.16. The Kier molecular flexibility index (Phi) is 8.05. The second kappa shape index (κ2) is 13.4.